The zero-order chi connectivity index (χ0) is 16.4. The van der Waals surface area contributed by atoms with E-state index in [1.807, 2.05) is 13.1 Å². The van der Waals surface area contributed by atoms with E-state index in [9.17, 15) is 10.1 Å². The third-order valence-electron chi connectivity index (χ3n) is 3.13. The van der Waals surface area contributed by atoms with Crippen LogP contribution in [-0.2, 0) is 0 Å². The van der Waals surface area contributed by atoms with Crippen LogP contribution in [0.3, 0.4) is 0 Å². The van der Waals surface area contributed by atoms with Gasteiger partial charge in [-0.3, -0.25) is 4.57 Å². The average Bonchev–Trinajstić information content (AvgIpc) is 2.96. The van der Waals surface area contributed by atoms with Gasteiger partial charge < -0.3 is 14.9 Å². The van der Waals surface area contributed by atoms with Crippen molar-refractivity contribution in [1.29, 1.82) is 0 Å². The molecular weight excluding hydrogens is 298 g/mol. The summed E-state index contributed by atoms with van der Waals surface area (Å²) in [5.41, 5.74) is 1.32. The lowest BCUT2D eigenvalue weighted by atomic mass is 10.3. The summed E-state index contributed by atoms with van der Waals surface area (Å²) in [7, 11) is 0. The molecule has 0 amide bonds. The van der Waals surface area contributed by atoms with E-state index < -0.39 is 4.92 Å². The van der Waals surface area contributed by atoms with Crippen molar-refractivity contribution in [3.63, 3.8) is 0 Å². The van der Waals surface area contributed by atoms with Crippen LogP contribution in [0.1, 0.15) is 11.4 Å². The number of rotatable bonds is 4. The summed E-state index contributed by atoms with van der Waals surface area (Å²) in [5.74, 6) is 1.46. The fourth-order valence-corrected chi connectivity index (χ4v) is 2.02. The Morgan fingerprint density at radius 2 is 2.04 bits per heavy atom. The molecule has 0 radical (unpaired) electrons. The molecule has 3 aromatic heterocycles. The molecule has 0 aliphatic rings. The van der Waals surface area contributed by atoms with E-state index in [4.69, 9.17) is 4.74 Å². The van der Waals surface area contributed by atoms with Gasteiger partial charge in [0, 0.05) is 31.5 Å². The lowest BCUT2D eigenvalue weighted by molar-refractivity contribution is -0.389. The Bertz CT molecular complexity index is 875. The summed E-state index contributed by atoms with van der Waals surface area (Å²) in [5, 5.41) is 10.7. The van der Waals surface area contributed by atoms with Crippen LogP contribution in [0.2, 0.25) is 0 Å². The molecular formula is C15H13N5O3. The second-order valence-corrected chi connectivity index (χ2v) is 4.88. The normalized spacial score (nSPS) is 10.5. The maximum atomic E-state index is 10.7. The average molecular weight is 311 g/mol. The molecule has 0 bridgehead atoms. The van der Waals surface area contributed by atoms with E-state index in [0.29, 0.717) is 23.0 Å². The molecule has 0 spiro atoms. The molecule has 0 saturated heterocycles. The second-order valence-electron chi connectivity index (χ2n) is 4.88. The van der Waals surface area contributed by atoms with Crippen LogP contribution in [0, 0.1) is 24.0 Å². The van der Waals surface area contributed by atoms with Crippen molar-refractivity contribution in [3.05, 3.63) is 64.5 Å². The minimum absolute atomic E-state index is 0.209. The summed E-state index contributed by atoms with van der Waals surface area (Å²) in [6.07, 6.45) is 5.14. The molecule has 0 N–H and O–H groups in total. The highest BCUT2D eigenvalue weighted by Crippen LogP contribution is 2.26. The Labute approximate surface area is 131 Å². The molecule has 0 saturated carbocycles. The van der Waals surface area contributed by atoms with Gasteiger partial charge in [0.2, 0.25) is 0 Å². The predicted molar refractivity (Wildman–Crippen MR) is 81.8 cm³/mol. The molecule has 116 valence electrons. The number of hydrogen-bond donors (Lipinski definition) is 0. The summed E-state index contributed by atoms with van der Waals surface area (Å²) < 4.78 is 7.53. The highest BCUT2D eigenvalue weighted by Gasteiger charge is 2.13. The van der Waals surface area contributed by atoms with Crippen LogP contribution < -0.4 is 4.74 Å². The highest BCUT2D eigenvalue weighted by atomic mass is 16.6. The van der Waals surface area contributed by atoms with Crippen molar-refractivity contribution in [1.82, 2.24) is 19.5 Å². The molecule has 3 aromatic rings. The first-order valence-corrected chi connectivity index (χ1v) is 6.80. The number of imidazole rings is 1. The molecule has 3 heterocycles. The van der Waals surface area contributed by atoms with Crippen molar-refractivity contribution < 1.29 is 9.66 Å². The molecule has 0 aliphatic carbocycles. The molecule has 0 atom stereocenters. The van der Waals surface area contributed by atoms with Gasteiger partial charge >= 0.3 is 5.82 Å². The van der Waals surface area contributed by atoms with Crippen LogP contribution in [0.4, 0.5) is 5.82 Å². The van der Waals surface area contributed by atoms with Crippen LogP contribution in [0.15, 0.2) is 43.0 Å². The van der Waals surface area contributed by atoms with E-state index in [0.717, 1.165) is 5.69 Å². The van der Waals surface area contributed by atoms with E-state index in [1.54, 1.807) is 36.1 Å². The van der Waals surface area contributed by atoms with Crippen LogP contribution in [0.25, 0.3) is 5.82 Å². The topological polar surface area (TPSA) is 96.0 Å². The second kappa shape index (κ2) is 5.84. The number of pyridine rings is 2. The molecule has 23 heavy (non-hydrogen) atoms. The summed E-state index contributed by atoms with van der Waals surface area (Å²) in [6, 6.07) is 6.29. The van der Waals surface area contributed by atoms with Gasteiger partial charge in [-0.25, -0.2) is 9.97 Å². The van der Waals surface area contributed by atoms with Crippen molar-refractivity contribution >= 4 is 5.82 Å². The van der Waals surface area contributed by atoms with Crippen molar-refractivity contribution in [2.24, 2.45) is 0 Å². The molecule has 0 fully saturated rings. The van der Waals surface area contributed by atoms with E-state index in [2.05, 4.69) is 15.0 Å². The van der Waals surface area contributed by atoms with Gasteiger partial charge in [0.1, 0.15) is 17.9 Å². The summed E-state index contributed by atoms with van der Waals surface area (Å²) in [4.78, 5) is 22.5. The third-order valence-corrected chi connectivity index (χ3v) is 3.13. The van der Waals surface area contributed by atoms with Gasteiger partial charge in [-0.1, -0.05) is 0 Å². The van der Waals surface area contributed by atoms with E-state index in [-0.39, 0.29) is 5.82 Å². The largest absolute Gasteiger partial charge is 0.453 e. The SMILES string of the molecule is Cc1cn(-c2cc(Oc3ccc([N+](=O)[O-])nc3C)ccn2)cn1. The standard InChI is InChI=1S/C15H13N5O3/c1-10-8-19(9-17-10)15-7-12(5-6-16-15)23-13-3-4-14(20(21)22)18-11(13)2/h3-9H,1-2H3. The highest BCUT2D eigenvalue weighted by molar-refractivity contribution is 5.39. The first kappa shape index (κ1) is 14.6. The van der Waals surface area contributed by atoms with Crippen molar-refractivity contribution in [2.75, 3.05) is 0 Å². The lowest BCUT2D eigenvalue weighted by Crippen LogP contribution is -1.98. The molecule has 0 unspecified atom stereocenters. The molecule has 3 rings (SSSR count). The fraction of sp³-hybridized carbons (Fsp3) is 0.133. The van der Waals surface area contributed by atoms with Crippen LogP contribution in [0.5, 0.6) is 11.5 Å². The smallest absolute Gasteiger partial charge is 0.363 e. The third kappa shape index (κ3) is 3.15. The van der Waals surface area contributed by atoms with Crippen molar-refractivity contribution in [2.45, 2.75) is 13.8 Å². The number of nitro groups is 1. The minimum Gasteiger partial charge on any atom is -0.453 e. The van der Waals surface area contributed by atoms with Gasteiger partial charge in [-0.05, 0) is 29.0 Å². The number of aryl methyl sites for hydroxylation is 2. The molecule has 0 aliphatic heterocycles. The quantitative estimate of drug-likeness (QED) is 0.543. The van der Waals surface area contributed by atoms with E-state index >= 15 is 0 Å². The predicted octanol–water partition coefficient (Wildman–Crippen LogP) is 2.98. The first-order chi connectivity index (χ1) is 11.0. The number of hydrogen-bond acceptors (Lipinski definition) is 6. The van der Waals surface area contributed by atoms with Gasteiger partial charge in [0.15, 0.2) is 11.4 Å². The van der Waals surface area contributed by atoms with Gasteiger partial charge in [0.25, 0.3) is 0 Å². The number of aromatic nitrogens is 4. The van der Waals surface area contributed by atoms with Gasteiger partial charge in [0.05, 0.1) is 5.69 Å². The number of nitrogens with zero attached hydrogens (tertiary/aromatic N) is 5. The Kier molecular flexibility index (Phi) is 3.71. The van der Waals surface area contributed by atoms with Crippen molar-refractivity contribution in [3.8, 4) is 17.3 Å². The lowest BCUT2D eigenvalue weighted by Gasteiger charge is -2.07. The number of ether oxygens (including phenoxy) is 1. The van der Waals surface area contributed by atoms with Gasteiger partial charge in [-0.2, -0.15) is 0 Å². The zero-order valence-corrected chi connectivity index (χ0v) is 12.5. The van der Waals surface area contributed by atoms with Gasteiger partial charge in [-0.15, -0.1) is 0 Å². The fourth-order valence-electron chi connectivity index (χ4n) is 2.02. The van der Waals surface area contributed by atoms with Crippen LogP contribution in [-0.4, -0.2) is 24.4 Å². The monoisotopic (exact) mass is 311 g/mol. The Morgan fingerprint density at radius 1 is 1.22 bits per heavy atom. The first-order valence-electron chi connectivity index (χ1n) is 6.80. The zero-order valence-electron chi connectivity index (χ0n) is 12.5. The Morgan fingerprint density at radius 3 is 2.70 bits per heavy atom. The molecule has 0 aromatic carbocycles. The summed E-state index contributed by atoms with van der Waals surface area (Å²) in [6.45, 7) is 3.55. The van der Waals surface area contributed by atoms with E-state index in [1.165, 1.54) is 12.1 Å². The summed E-state index contributed by atoms with van der Waals surface area (Å²) >= 11 is 0. The van der Waals surface area contributed by atoms with Crippen LogP contribution >= 0.6 is 0 Å². The Hall–Kier alpha value is -3.29. The molecule has 8 heteroatoms. The molecule has 8 nitrogen and oxygen atoms in total. The maximum absolute atomic E-state index is 10.7. The minimum atomic E-state index is -0.539. The maximum Gasteiger partial charge on any atom is 0.363 e. The Balaban J connectivity index is 1.87.